The number of amides is 1. The van der Waals surface area contributed by atoms with E-state index >= 15 is 0 Å². The molecule has 0 spiro atoms. The van der Waals surface area contributed by atoms with Crippen molar-refractivity contribution in [1.82, 2.24) is 4.90 Å². The molecular formula is C33H41NO5. The minimum absolute atomic E-state index is 0.227. The van der Waals surface area contributed by atoms with Gasteiger partial charge in [-0.2, -0.15) is 0 Å². The molecule has 0 radical (unpaired) electrons. The lowest BCUT2D eigenvalue weighted by Crippen LogP contribution is -2.48. The number of carbonyl (C=O) groups excluding carboxylic acids is 1. The number of hydrogen-bond donors (Lipinski definition) is 0. The molecule has 208 valence electrons. The summed E-state index contributed by atoms with van der Waals surface area (Å²) >= 11 is 0. The Balaban J connectivity index is 1.61. The normalized spacial score (nSPS) is 21.2. The standard InChI is InChI=1S/C33H41NO5/c1-5-28-30(37-22-26-17-11-7-12-18-26)31(38-23-27-19-13-8-14-20-27)29(34(28)32(35)39-33(2,3)4)24-36-21-25-15-9-6-10-16-25/h6-20,28-31H,5,21-24H2,1-4H3/t28-,29-,30-,31+/m1/s1. The van der Waals surface area contributed by atoms with Gasteiger partial charge in [0.15, 0.2) is 0 Å². The van der Waals surface area contributed by atoms with Gasteiger partial charge in [-0.05, 0) is 43.9 Å². The summed E-state index contributed by atoms with van der Waals surface area (Å²) in [7, 11) is 0. The second-order valence-corrected chi connectivity index (χ2v) is 11.0. The Morgan fingerprint density at radius 3 is 1.56 bits per heavy atom. The van der Waals surface area contributed by atoms with E-state index in [4.69, 9.17) is 18.9 Å². The summed E-state index contributed by atoms with van der Waals surface area (Å²) in [6, 6.07) is 29.6. The summed E-state index contributed by atoms with van der Waals surface area (Å²) in [4.78, 5) is 15.5. The lowest BCUT2D eigenvalue weighted by Gasteiger charge is -2.33. The fourth-order valence-corrected chi connectivity index (χ4v) is 5.01. The first-order valence-electron chi connectivity index (χ1n) is 13.8. The van der Waals surface area contributed by atoms with E-state index in [2.05, 4.69) is 6.92 Å². The maximum Gasteiger partial charge on any atom is 0.411 e. The number of hydrogen-bond acceptors (Lipinski definition) is 5. The van der Waals surface area contributed by atoms with Gasteiger partial charge in [-0.3, -0.25) is 4.90 Å². The third kappa shape index (κ3) is 8.15. The maximum atomic E-state index is 13.7. The van der Waals surface area contributed by atoms with Crippen LogP contribution in [0.2, 0.25) is 0 Å². The SMILES string of the molecule is CC[C@@H]1[C@@H](OCc2ccccc2)[C@@H](OCc2ccccc2)[C@@H](COCc2ccccc2)N1C(=O)OC(C)(C)C. The lowest BCUT2D eigenvalue weighted by molar-refractivity contribution is -0.0866. The van der Waals surface area contributed by atoms with E-state index in [1.807, 2.05) is 117 Å². The summed E-state index contributed by atoms with van der Waals surface area (Å²) in [6.07, 6.45) is -0.431. The molecule has 1 fully saturated rings. The van der Waals surface area contributed by atoms with Gasteiger partial charge in [-0.25, -0.2) is 4.79 Å². The molecule has 0 aromatic heterocycles. The highest BCUT2D eigenvalue weighted by atomic mass is 16.6. The van der Waals surface area contributed by atoms with Crippen LogP contribution in [0.5, 0.6) is 0 Å². The molecule has 3 aromatic carbocycles. The second kappa shape index (κ2) is 13.7. The first-order valence-corrected chi connectivity index (χ1v) is 13.8. The molecule has 0 bridgehead atoms. The monoisotopic (exact) mass is 531 g/mol. The Hall–Kier alpha value is -3.19. The third-order valence-electron chi connectivity index (χ3n) is 6.79. The summed E-state index contributed by atoms with van der Waals surface area (Å²) in [5.74, 6) is 0. The van der Waals surface area contributed by atoms with Gasteiger partial charge in [0.25, 0.3) is 0 Å². The van der Waals surface area contributed by atoms with Crippen molar-refractivity contribution in [2.75, 3.05) is 6.61 Å². The van der Waals surface area contributed by atoms with E-state index in [1.165, 1.54) is 0 Å². The van der Waals surface area contributed by atoms with Crippen molar-refractivity contribution < 1.29 is 23.7 Å². The number of benzene rings is 3. The molecule has 4 atom stereocenters. The first-order chi connectivity index (χ1) is 18.9. The van der Waals surface area contributed by atoms with Gasteiger partial charge in [0.1, 0.15) is 17.8 Å². The molecule has 4 rings (SSSR count). The Morgan fingerprint density at radius 1 is 0.692 bits per heavy atom. The molecule has 39 heavy (non-hydrogen) atoms. The van der Waals surface area contributed by atoms with E-state index in [9.17, 15) is 4.79 Å². The second-order valence-electron chi connectivity index (χ2n) is 11.0. The molecule has 0 aliphatic carbocycles. The van der Waals surface area contributed by atoms with Crippen LogP contribution in [0.15, 0.2) is 91.0 Å². The average Bonchev–Trinajstić information content (AvgIpc) is 3.23. The van der Waals surface area contributed by atoms with Crippen LogP contribution in [-0.4, -0.2) is 47.5 Å². The summed E-state index contributed by atoms with van der Waals surface area (Å²) < 4.78 is 25.3. The fourth-order valence-electron chi connectivity index (χ4n) is 5.01. The van der Waals surface area contributed by atoms with Crippen LogP contribution >= 0.6 is 0 Å². The highest BCUT2D eigenvalue weighted by Crippen LogP contribution is 2.35. The van der Waals surface area contributed by atoms with Crippen molar-refractivity contribution in [2.45, 2.75) is 83.8 Å². The van der Waals surface area contributed by atoms with Crippen LogP contribution in [0, 0.1) is 0 Å². The first kappa shape index (κ1) is 28.8. The highest BCUT2D eigenvalue weighted by molar-refractivity contribution is 5.70. The summed E-state index contributed by atoms with van der Waals surface area (Å²) in [5.41, 5.74) is 2.58. The molecule has 0 saturated carbocycles. The predicted molar refractivity (Wildman–Crippen MR) is 152 cm³/mol. The van der Waals surface area contributed by atoms with Crippen LogP contribution in [0.25, 0.3) is 0 Å². The largest absolute Gasteiger partial charge is 0.444 e. The summed E-state index contributed by atoms with van der Waals surface area (Å²) in [6.45, 7) is 9.30. The lowest BCUT2D eigenvalue weighted by atomic mass is 10.1. The minimum atomic E-state index is -0.631. The molecule has 1 heterocycles. The minimum Gasteiger partial charge on any atom is -0.444 e. The van der Waals surface area contributed by atoms with Crippen molar-refractivity contribution in [3.8, 4) is 0 Å². The fraction of sp³-hybridized carbons (Fsp3) is 0.424. The van der Waals surface area contributed by atoms with Gasteiger partial charge in [0.2, 0.25) is 0 Å². The smallest absolute Gasteiger partial charge is 0.411 e. The third-order valence-corrected chi connectivity index (χ3v) is 6.79. The summed E-state index contributed by atoms with van der Waals surface area (Å²) in [5, 5.41) is 0. The van der Waals surface area contributed by atoms with Crippen LogP contribution in [0.1, 0.15) is 50.8 Å². The number of ether oxygens (including phenoxy) is 4. The van der Waals surface area contributed by atoms with Crippen molar-refractivity contribution in [3.63, 3.8) is 0 Å². The molecule has 0 N–H and O–H groups in total. The van der Waals surface area contributed by atoms with E-state index in [1.54, 1.807) is 0 Å². The Kier molecular flexibility index (Phi) is 10.2. The Bertz CT molecular complexity index is 1130. The van der Waals surface area contributed by atoms with E-state index < -0.39 is 11.7 Å². The molecule has 1 saturated heterocycles. The van der Waals surface area contributed by atoms with Gasteiger partial charge in [0.05, 0.1) is 38.5 Å². The Morgan fingerprint density at radius 2 is 1.13 bits per heavy atom. The maximum absolute atomic E-state index is 13.7. The van der Waals surface area contributed by atoms with Crippen LogP contribution < -0.4 is 0 Å². The predicted octanol–water partition coefficient (Wildman–Crippen LogP) is 6.77. The Labute approximate surface area is 232 Å². The molecule has 6 heteroatoms. The van der Waals surface area contributed by atoms with Gasteiger partial charge < -0.3 is 18.9 Å². The van der Waals surface area contributed by atoms with Crippen LogP contribution in [-0.2, 0) is 38.8 Å². The molecular weight excluding hydrogens is 490 g/mol. The van der Waals surface area contributed by atoms with Crippen LogP contribution in [0.4, 0.5) is 4.79 Å². The number of carbonyl (C=O) groups is 1. The van der Waals surface area contributed by atoms with Crippen LogP contribution in [0.3, 0.4) is 0 Å². The molecule has 6 nitrogen and oxygen atoms in total. The number of rotatable bonds is 11. The molecule has 0 unspecified atom stereocenters. The quantitative estimate of drug-likeness (QED) is 0.273. The zero-order valence-corrected chi connectivity index (χ0v) is 23.5. The van der Waals surface area contributed by atoms with E-state index in [-0.39, 0.29) is 24.3 Å². The molecule has 1 aliphatic heterocycles. The van der Waals surface area contributed by atoms with E-state index in [0.717, 1.165) is 16.7 Å². The van der Waals surface area contributed by atoms with E-state index in [0.29, 0.717) is 32.8 Å². The van der Waals surface area contributed by atoms with Crippen molar-refractivity contribution in [1.29, 1.82) is 0 Å². The molecule has 3 aromatic rings. The average molecular weight is 532 g/mol. The molecule has 1 aliphatic rings. The van der Waals surface area contributed by atoms with Gasteiger partial charge in [-0.15, -0.1) is 0 Å². The van der Waals surface area contributed by atoms with Gasteiger partial charge >= 0.3 is 6.09 Å². The highest BCUT2D eigenvalue weighted by Gasteiger charge is 2.53. The number of likely N-dealkylation sites (tertiary alicyclic amines) is 1. The zero-order valence-electron chi connectivity index (χ0n) is 23.5. The zero-order chi connectivity index (χ0) is 27.7. The van der Waals surface area contributed by atoms with Gasteiger partial charge in [-0.1, -0.05) is 97.9 Å². The van der Waals surface area contributed by atoms with Gasteiger partial charge in [0, 0.05) is 0 Å². The van der Waals surface area contributed by atoms with Crippen molar-refractivity contribution in [2.24, 2.45) is 0 Å². The van der Waals surface area contributed by atoms with Crippen molar-refractivity contribution >= 4 is 6.09 Å². The topological polar surface area (TPSA) is 57.2 Å². The molecule has 1 amide bonds. The number of nitrogens with zero attached hydrogens (tertiary/aromatic N) is 1. The van der Waals surface area contributed by atoms with Crippen molar-refractivity contribution in [3.05, 3.63) is 108 Å².